The Morgan fingerprint density at radius 1 is 1.20 bits per heavy atom. The molecule has 0 spiro atoms. The first-order valence-electron chi connectivity index (χ1n) is 1.44. The number of hydrogen-bond acceptors (Lipinski definition) is 2. The molecule has 32 valence electrons. The maximum absolute atomic E-state index is 4.18. The van der Waals surface area contributed by atoms with Crippen molar-refractivity contribution in [2.24, 2.45) is 0 Å². The fourth-order valence-electron chi connectivity index (χ4n) is 0.0745. The summed E-state index contributed by atoms with van der Waals surface area (Å²) < 4.78 is 0. The Balaban J connectivity index is 2.38. The second-order valence-electron chi connectivity index (χ2n) is 1.21. The van der Waals surface area contributed by atoms with Crippen molar-refractivity contribution < 1.29 is 0 Å². The normalized spacial score (nSPS) is 36.4. The summed E-state index contributed by atoms with van der Waals surface area (Å²) in [6.07, 6.45) is 0. The highest BCUT2D eigenvalue weighted by Gasteiger charge is 2.27. The lowest BCUT2D eigenvalue weighted by Crippen LogP contribution is -1.32. The minimum atomic E-state index is -0.528. The molecule has 1 aliphatic heterocycles. The van der Waals surface area contributed by atoms with Gasteiger partial charge in [0, 0.05) is 11.5 Å². The molecule has 0 atom stereocenters. The van der Waals surface area contributed by atoms with Gasteiger partial charge in [-0.1, -0.05) is 0 Å². The highest BCUT2D eigenvalue weighted by Crippen LogP contribution is 2.69. The molecule has 0 N–H and O–H groups in total. The Morgan fingerprint density at radius 2 is 1.40 bits per heavy atom. The van der Waals surface area contributed by atoms with Crippen molar-refractivity contribution in [1.29, 1.82) is 0 Å². The lowest BCUT2D eigenvalue weighted by molar-refractivity contribution is 1.75. The SMILES string of the molecule is SS1(S)CC1. The summed E-state index contributed by atoms with van der Waals surface area (Å²) in [7, 11) is -0.528. The molecule has 0 aromatic rings. The van der Waals surface area contributed by atoms with Crippen LogP contribution < -0.4 is 0 Å². The van der Waals surface area contributed by atoms with Gasteiger partial charge in [0.05, 0.1) is 0 Å². The topological polar surface area (TPSA) is 0 Å². The summed E-state index contributed by atoms with van der Waals surface area (Å²) in [6, 6.07) is 0. The summed E-state index contributed by atoms with van der Waals surface area (Å²) in [5.74, 6) is 2.53. The third kappa shape index (κ3) is 1.28. The van der Waals surface area contributed by atoms with Crippen molar-refractivity contribution in [3.63, 3.8) is 0 Å². The van der Waals surface area contributed by atoms with Crippen LogP contribution in [0.4, 0.5) is 0 Å². The molecule has 0 amide bonds. The van der Waals surface area contributed by atoms with E-state index >= 15 is 0 Å². The number of thiol groups is 2. The molecule has 3 heteroatoms. The van der Waals surface area contributed by atoms with E-state index in [1.54, 1.807) is 0 Å². The van der Waals surface area contributed by atoms with E-state index < -0.39 is 8.09 Å². The van der Waals surface area contributed by atoms with Crippen LogP contribution >= 0.6 is 31.4 Å². The second-order valence-corrected chi connectivity index (χ2v) is 8.69. The van der Waals surface area contributed by atoms with Crippen LogP contribution in [-0.4, -0.2) is 11.5 Å². The van der Waals surface area contributed by atoms with Gasteiger partial charge in [-0.3, -0.25) is 0 Å². The van der Waals surface area contributed by atoms with E-state index in [4.69, 9.17) is 0 Å². The quantitative estimate of drug-likeness (QED) is 0.274. The van der Waals surface area contributed by atoms with E-state index in [1.807, 2.05) is 0 Å². The van der Waals surface area contributed by atoms with Gasteiger partial charge in [0.1, 0.15) is 0 Å². The van der Waals surface area contributed by atoms with E-state index in [1.165, 1.54) is 11.5 Å². The Morgan fingerprint density at radius 3 is 1.40 bits per heavy atom. The third-order valence-electron chi connectivity index (χ3n) is 0.569. The van der Waals surface area contributed by atoms with Crippen molar-refractivity contribution in [3.05, 3.63) is 0 Å². The highest BCUT2D eigenvalue weighted by molar-refractivity contribution is 9.20. The largest absolute Gasteiger partial charge is 0.148 e. The van der Waals surface area contributed by atoms with Gasteiger partial charge in [-0.15, -0.1) is 31.4 Å². The molecule has 1 aliphatic rings. The molecule has 0 unspecified atom stereocenters. The molecule has 0 aromatic carbocycles. The zero-order chi connectivity index (χ0) is 3.91. The molecule has 0 aliphatic carbocycles. The minimum Gasteiger partial charge on any atom is -0.148 e. The summed E-state index contributed by atoms with van der Waals surface area (Å²) in [5.41, 5.74) is 0. The van der Waals surface area contributed by atoms with Crippen molar-refractivity contribution >= 4 is 31.4 Å². The fraction of sp³-hybridized carbons (Fsp3) is 1.00. The third-order valence-corrected chi connectivity index (χ3v) is 3.90. The van der Waals surface area contributed by atoms with Crippen LogP contribution in [0.2, 0.25) is 0 Å². The van der Waals surface area contributed by atoms with Gasteiger partial charge in [0.2, 0.25) is 0 Å². The van der Waals surface area contributed by atoms with Crippen molar-refractivity contribution in [2.75, 3.05) is 11.5 Å². The van der Waals surface area contributed by atoms with E-state index in [9.17, 15) is 0 Å². The van der Waals surface area contributed by atoms with Gasteiger partial charge in [-0.25, -0.2) is 0 Å². The average Bonchev–Trinajstić information content (AvgIpc) is 1.76. The Hall–Kier alpha value is 1.05. The van der Waals surface area contributed by atoms with Crippen LogP contribution in [0, 0.1) is 0 Å². The zero-order valence-corrected chi connectivity index (χ0v) is 5.32. The molecule has 0 bridgehead atoms. The standard InChI is InChI=1S/C2H6S3/c3-5(4)1-2-5/h3-4H,1-2H2. The molecule has 1 fully saturated rings. The van der Waals surface area contributed by atoms with Crippen molar-refractivity contribution in [2.45, 2.75) is 0 Å². The van der Waals surface area contributed by atoms with E-state index in [-0.39, 0.29) is 0 Å². The van der Waals surface area contributed by atoms with Crippen molar-refractivity contribution in [3.8, 4) is 0 Å². The predicted octanol–water partition coefficient (Wildman–Crippen LogP) is 1.49. The lowest BCUT2D eigenvalue weighted by Gasteiger charge is -1.93. The summed E-state index contributed by atoms with van der Waals surface area (Å²) in [4.78, 5) is 0. The van der Waals surface area contributed by atoms with Gasteiger partial charge >= 0.3 is 0 Å². The second kappa shape index (κ2) is 1.01. The lowest BCUT2D eigenvalue weighted by atomic mass is 11.0. The molecule has 0 aromatic heterocycles. The summed E-state index contributed by atoms with van der Waals surface area (Å²) in [6.45, 7) is 0. The molecular formula is C2H6S3. The molecule has 0 saturated carbocycles. The first kappa shape index (κ1) is 4.22. The van der Waals surface area contributed by atoms with Crippen LogP contribution in [0.5, 0.6) is 0 Å². The summed E-state index contributed by atoms with van der Waals surface area (Å²) in [5, 5.41) is 0. The molecule has 1 rings (SSSR count). The Kier molecular flexibility index (Phi) is 0.853. The smallest absolute Gasteiger partial charge is 0.00340 e. The van der Waals surface area contributed by atoms with Crippen LogP contribution in [0.3, 0.4) is 0 Å². The highest BCUT2D eigenvalue weighted by atomic mass is 33.5. The zero-order valence-electron chi connectivity index (χ0n) is 2.72. The maximum Gasteiger partial charge on any atom is 0.00340 e. The number of rotatable bonds is 0. The van der Waals surface area contributed by atoms with Crippen LogP contribution in [-0.2, 0) is 0 Å². The van der Waals surface area contributed by atoms with E-state index in [0.717, 1.165) is 0 Å². The molecular weight excluding hydrogens is 120 g/mol. The molecule has 5 heavy (non-hydrogen) atoms. The summed E-state index contributed by atoms with van der Waals surface area (Å²) >= 11 is 8.36. The molecule has 0 nitrogen and oxygen atoms in total. The van der Waals surface area contributed by atoms with E-state index in [0.29, 0.717) is 0 Å². The van der Waals surface area contributed by atoms with E-state index in [2.05, 4.69) is 23.3 Å². The van der Waals surface area contributed by atoms with Crippen LogP contribution in [0.15, 0.2) is 0 Å². The maximum atomic E-state index is 4.18. The Bertz CT molecular complexity index is 42.9. The monoisotopic (exact) mass is 126 g/mol. The molecule has 1 saturated heterocycles. The van der Waals surface area contributed by atoms with Gasteiger partial charge < -0.3 is 0 Å². The van der Waals surface area contributed by atoms with Crippen molar-refractivity contribution in [1.82, 2.24) is 0 Å². The number of hydrogen-bond donors (Lipinski definition) is 2. The first-order chi connectivity index (χ1) is 2.21. The van der Waals surface area contributed by atoms with Gasteiger partial charge in [-0.2, -0.15) is 0 Å². The first-order valence-corrected chi connectivity index (χ1v) is 5.52. The fourth-order valence-corrected chi connectivity index (χ4v) is 2.01. The van der Waals surface area contributed by atoms with Gasteiger partial charge in [0.15, 0.2) is 0 Å². The van der Waals surface area contributed by atoms with Crippen LogP contribution in [0.25, 0.3) is 0 Å². The van der Waals surface area contributed by atoms with Gasteiger partial charge in [-0.05, 0) is 0 Å². The predicted molar refractivity (Wildman–Crippen MR) is 35.3 cm³/mol. The Labute approximate surface area is 43.3 Å². The molecule has 0 radical (unpaired) electrons. The average molecular weight is 126 g/mol. The minimum absolute atomic E-state index is 0.528. The van der Waals surface area contributed by atoms with Crippen LogP contribution in [0.1, 0.15) is 0 Å². The van der Waals surface area contributed by atoms with Gasteiger partial charge in [0.25, 0.3) is 0 Å². The molecule has 1 heterocycles.